The largest absolute Gasteiger partial charge is 0.302 e. The molecule has 1 aliphatic heterocycles. The Morgan fingerprint density at radius 3 is 2.88 bits per heavy atom. The summed E-state index contributed by atoms with van der Waals surface area (Å²) in [7, 11) is 0. The van der Waals surface area contributed by atoms with E-state index in [1.54, 1.807) is 0 Å². The Hall–Kier alpha value is -0.310. The SMILES string of the molecule is CCN1CC2CC2(c2ccc(F)c(Cl)c2)C1.Cl. The maximum atomic E-state index is 13.1. The molecule has 1 saturated heterocycles. The van der Waals surface area contributed by atoms with E-state index >= 15 is 0 Å². The van der Waals surface area contributed by atoms with Crippen LogP contribution in [0.25, 0.3) is 0 Å². The van der Waals surface area contributed by atoms with Crippen LogP contribution in [0.1, 0.15) is 18.9 Å². The maximum Gasteiger partial charge on any atom is 0.141 e. The lowest BCUT2D eigenvalue weighted by Gasteiger charge is -2.19. The lowest BCUT2D eigenvalue weighted by molar-refractivity contribution is 0.314. The van der Waals surface area contributed by atoms with Gasteiger partial charge >= 0.3 is 0 Å². The zero-order valence-corrected chi connectivity index (χ0v) is 11.3. The second kappa shape index (κ2) is 4.42. The Kier molecular flexibility index (Phi) is 3.41. The van der Waals surface area contributed by atoms with Crippen LogP contribution in [-0.2, 0) is 5.41 Å². The van der Waals surface area contributed by atoms with Gasteiger partial charge in [-0.15, -0.1) is 12.4 Å². The molecule has 0 N–H and O–H groups in total. The molecule has 3 rings (SSSR count). The first-order chi connectivity index (χ1) is 7.65. The fourth-order valence-corrected chi connectivity index (χ4v) is 3.26. The second-order valence-electron chi connectivity index (χ2n) is 5.01. The zero-order chi connectivity index (χ0) is 11.3. The molecular weight excluding hydrogens is 260 g/mol. The summed E-state index contributed by atoms with van der Waals surface area (Å²) in [6.45, 7) is 5.59. The number of nitrogens with zero attached hydrogens (tertiary/aromatic N) is 1. The lowest BCUT2D eigenvalue weighted by atomic mass is 9.95. The number of fused-ring (bicyclic) bond motifs is 1. The van der Waals surface area contributed by atoms with Gasteiger partial charge in [-0.05, 0) is 36.6 Å². The van der Waals surface area contributed by atoms with Gasteiger partial charge in [0, 0.05) is 18.5 Å². The summed E-state index contributed by atoms with van der Waals surface area (Å²) < 4.78 is 13.1. The predicted molar refractivity (Wildman–Crippen MR) is 70.6 cm³/mol. The van der Waals surface area contributed by atoms with Gasteiger partial charge < -0.3 is 4.90 Å². The molecule has 0 aromatic heterocycles. The third-order valence-electron chi connectivity index (χ3n) is 4.16. The van der Waals surface area contributed by atoms with Crippen molar-refractivity contribution < 1.29 is 4.39 Å². The van der Waals surface area contributed by atoms with Crippen molar-refractivity contribution in [3.63, 3.8) is 0 Å². The molecule has 1 nitrogen and oxygen atoms in total. The number of halogens is 3. The van der Waals surface area contributed by atoms with Crippen LogP contribution >= 0.6 is 24.0 Å². The van der Waals surface area contributed by atoms with E-state index in [9.17, 15) is 4.39 Å². The van der Waals surface area contributed by atoms with Gasteiger partial charge in [-0.1, -0.05) is 24.6 Å². The van der Waals surface area contributed by atoms with Crippen LogP contribution in [0.5, 0.6) is 0 Å². The van der Waals surface area contributed by atoms with Crippen molar-refractivity contribution in [3.05, 3.63) is 34.6 Å². The molecular formula is C13H16Cl2FN. The van der Waals surface area contributed by atoms with Crippen molar-refractivity contribution in [2.45, 2.75) is 18.8 Å². The minimum atomic E-state index is -0.315. The standard InChI is InChI=1S/C13H15ClFN.ClH/c1-2-16-7-10-6-13(10,8-16)9-3-4-12(15)11(14)5-9;/h3-5,10H,2,6-8H2,1H3;1H. The summed E-state index contributed by atoms with van der Waals surface area (Å²) in [4.78, 5) is 2.46. The summed E-state index contributed by atoms with van der Waals surface area (Å²) in [6, 6.07) is 5.22. The van der Waals surface area contributed by atoms with Crippen LogP contribution in [0.2, 0.25) is 5.02 Å². The van der Waals surface area contributed by atoms with Crippen molar-refractivity contribution in [1.29, 1.82) is 0 Å². The Labute approximate surface area is 112 Å². The first kappa shape index (κ1) is 13.1. The van der Waals surface area contributed by atoms with Crippen LogP contribution in [-0.4, -0.2) is 24.5 Å². The Morgan fingerprint density at radius 1 is 1.53 bits per heavy atom. The van der Waals surface area contributed by atoms with Crippen molar-refractivity contribution in [3.8, 4) is 0 Å². The number of likely N-dealkylation sites (tertiary alicyclic amines) is 1. The molecule has 2 fully saturated rings. The van der Waals surface area contributed by atoms with E-state index in [-0.39, 0.29) is 28.7 Å². The van der Waals surface area contributed by atoms with E-state index in [0.29, 0.717) is 0 Å². The molecule has 94 valence electrons. The number of piperidine rings is 1. The number of hydrogen-bond donors (Lipinski definition) is 0. The van der Waals surface area contributed by atoms with E-state index in [1.807, 2.05) is 12.1 Å². The van der Waals surface area contributed by atoms with E-state index < -0.39 is 0 Å². The van der Waals surface area contributed by atoms with Gasteiger partial charge in [0.15, 0.2) is 0 Å². The highest BCUT2D eigenvalue weighted by atomic mass is 35.5. The van der Waals surface area contributed by atoms with Gasteiger partial charge in [-0.25, -0.2) is 4.39 Å². The fourth-order valence-electron chi connectivity index (χ4n) is 3.08. The first-order valence-corrected chi connectivity index (χ1v) is 6.21. The summed E-state index contributed by atoms with van der Waals surface area (Å²) in [5.41, 5.74) is 1.51. The highest BCUT2D eigenvalue weighted by Crippen LogP contribution is 2.59. The third-order valence-corrected chi connectivity index (χ3v) is 4.45. The minimum absolute atomic E-state index is 0. The molecule has 2 atom stereocenters. The van der Waals surface area contributed by atoms with Gasteiger partial charge in [0.25, 0.3) is 0 Å². The lowest BCUT2D eigenvalue weighted by Crippen LogP contribution is -2.26. The maximum absolute atomic E-state index is 13.1. The second-order valence-corrected chi connectivity index (χ2v) is 5.42. The molecule has 4 heteroatoms. The van der Waals surface area contributed by atoms with Gasteiger partial charge in [0.2, 0.25) is 0 Å². The van der Waals surface area contributed by atoms with Crippen LogP contribution in [0.4, 0.5) is 4.39 Å². The van der Waals surface area contributed by atoms with E-state index in [1.165, 1.54) is 24.6 Å². The molecule has 1 aliphatic carbocycles. The molecule has 1 aromatic rings. The smallest absolute Gasteiger partial charge is 0.141 e. The van der Waals surface area contributed by atoms with Gasteiger partial charge in [0.05, 0.1) is 5.02 Å². The van der Waals surface area contributed by atoms with Crippen LogP contribution in [0, 0.1) is 11.7 Å². The molecule has 1 aromatic carbocycles. The molecule has 2 aliphatic rings. The molecule has 0 bridgehead atoms. The van der Waals surface area contributed by atoms with Gasteiger partial charge in [-0.2, -0.15) is 0 Å². The average molecular weight is 276 g/mol. The van der Waals surface area contributed by atoms with Crippen LogP contribution in [0.15, 0.2) is 18.2 Å². The molecule has 1 saturated carbocycles. The number of hydrogen-bond acceptors (Lipinski definition) is 1. The predicted octanol–water partition coefficient (Wildman–Crippen LogP) is 3.49. The fraction of sp³-hybridized carbons (Fsp3) is 0.538. The van der Waals surface area contributed by atoms with Crippen molar-refractivity contribution >= 4 is 24.0 Å². The topological polar surface area (TPSA) is 3.24 Å². The normalized spacial score (nSPS) is 30.9. The Balaban J connectivity index is 0.00000108. The Morgan fingerprint density at radius 2 is 2.29 bits per heavy atom. The highest BCUT2D eigenvalue weighted by Gasteiger charge is 2.60. The Bertz CT molecular complexity index is 437. The highest BCUT2D eigenvalue weighted by molar-refractivity contribution is 6.30. The van der Waals surface area contributed by atoms with E-state index in [0.717, 1.165) is 19.0 Å². The van der Waals surface area contributed by atoms with Crippen molar-refractivity contribution in [1.82, 2.24) is 4.90 Å². The monoisotopic (exact) mass is 275 g/mol. The number of likely N-dealkylation sites (N-methyl/N-ethyl adjacent to an activating group) is 1. The number of benzene rings is 1. The summed E-state index contributed by atoms with van der Waals surface area (Å²) in [5.74, 6) is 0.443. The molecule has 17 heavy (non-hydrogen) atoms. The number of rotatable bonds is 2. The van der Waals surface area contributed by atoms with E-state index in [4.69, 9.17) is 11.6 Å². The molecule has 0 amide bonds. The minimum Gasteiger partial charge on any atom is -0.302 e. The zero-order valence-electron chi connectivity index (χ0n) is 9.75. The molecule has 0 spiro atoms. The van der Waals surface area contributed by atoms with Crippen LogP contribution < -0.4 is 0 Å². The molecule has 2 unspecified atom stereocenters. The average Bonchev–Trinajstić information content (AvgIpc) is 2.86. The van der Waals surface area contributed by atoms with Crippen molar-refractivity contribution in [2.24, 2.45) is 5.92 Å². The van der Waals surface area contributed by atoms with Gasteiger partial charge in [-0.3, -0.25) is 0 Å². The summed E-state index contributed by atoms with van der Waals surface area (Å²) in [6.07, 6.45) is 1.24. The van der Waals surface area contributed by atoms with E-state index in [2.05, 4.69) is 11.8 Å². The summed E-state index contributed by atoms with van der Waals surface area (Å²) >= 11 is 5.85. The third kappa shape index (κ3) is 1.96. The quantitative estimate of drug-likeness (QED) is 0.799. The van der Waals surface area contributed by atoms with Crippen molar-refractivity contribution in [2.75, 3.05) is 19.6 Å². The molecule has 0 radical (unpaired) electrons. The van der Waals surface area contributed by atoms with Gasteiger partial charge in [0.1, 0.15) is 5.82 Å². The first-order valence-electron chi connectivity index (χ1n) is 5.83. The molecule has 1 heterocycles. The summed E-state index contributed by atoms with van der Waals surface area (Å²) in [5, 5.41) is 0.257. The van der Waals surface area contributed by atoms with Crippen LogP contribution in [0.3, 0.4) is 0 Å².